The van der Waals surface area contributed by atoms with Gasteiger partial charge in [-0.25, -0.2) is 0 Å². The van der Waals surface area contributed by atoms with Crippen molar-refractivity contribution in [3.63, 3.8) is 0 Å². The third kappa shape index (κ3) is 4.78. The molecule has 78 valence electrons. The van der Waals surface area contributed by atoms with Gasteiger partial charge in [-0.05, 0) is 40.8 Å². The van der Waals surface area contributed by atoms with Crippen molar-refractivity contribution in [3.05, 3.63) is 27.8 Å². The highest BCUT2D eigenvalue weighted by Gasteiger charge is 1.94. The van der Waals surface area contributed by atoms with Gasteiger partial charge in [-0.1, -0.05) is 6.07 Å². The molecule has 3 nitrogen and oxygen atoms in total. The first-order valence-electron chi connectivity index (χ1n) is 4.40. The van der Waals surface area contributed by atoms with E-state index in [1.807, 2.05) is 24.3 Å². The van der Waals surface area contributed by atoms with Crippen molar-refractivity contribution in [2.45, 2.75) is 0 Å². The number of halogens is 1. The highest BCUT2D eigenvalue weighted by Crippen LogP contribution is 2.14. The molecule has 1 N–H and O–H groups in total. The smallest absolute Gasteiger partial charge is 0.120 e. The normalized spacial score (nSPS) is 10.1. The van der Waals surface area contributed by atoms with Crippen LogP contribution in [0.3, 0.4) is 0 Å². The number of hydrogen-bond acceptors (Lipinski definition) is 3. The molecule has 0 aliphatic carbocycles. The molecule has 1 aromatic rings. The lowest BCUT2D eigenvalue weighted by molar-refractivity contribution is 0.0705. The summed E-state index contributed by atoms with van der Waals surface area (Å²) in [7, 11) is 0. The number of rotatable bonds is 6. The van der Waals surface area contributed by atoms with Gasteiger partial charge in [-0.15, -0.1) is 0 Å². The van der Waals surface area contributed by atoms with Crippen molar-refractivity contribution in [2.75, 3.05) is 26.4 Å². The molecule has 0 atom stereocenters. The van der Waals surface area contributed by atoms with E-state index < -0.39 is 0 Å². The van der Waals surface area contributed by atoms with Crippen LogP contribution >= 0.6 is 22.6 Å². The van der Waals surface area contributed by atoms with Crippen LogP contribution in [0.5, 0.6) is 5.75 Å². The van der Waals surface area contributed by atoms with Crippen LogP contribution in [0.1, 0.15) is 0 Å². The van der Waals surface area contributed by atoms with Crippen molar-refractivity contribution in [2.24, 2.45) is 0 Å². The maximum absolute atomic E-state index is 8.45. The van der Waals surface area contributed by atoms with Gasteiger partial charge >= 0.3 is 0 Å². The van der Waals surface area contributed by atoms with E-state index >= 15 is 0 Å². The van der Waals surface area contributed by atoms with Gasteiger partial charge < -0.3 is 14.6 Å². The molecule has 0 unspecified atom stereocenters. The van der Waals surface area contributed by atoms with Crippen LogP contribution in [0.25, 0.3) is 0 Å². The van der Waals surface area contributed by atoms with Crippen LogP contribution in [0.4, 0.5) is 0 Å². The lowest BCUT2D eigenvalue weighted by Gasteiger charge is -2.06. The molecule has 0 heterocycles. The molecular formula is C10H13IO3. The molecule has 0 aliphatic heterocycles. The van der Waals surface area contributed by atoms with Gasteiger partial charge in [0, 0.05) is 3.57 Å². The number of hydrogen-bond donors (Lipinski definition) is 1. The molecule has 0 saturated heterocycles. The summed E-state index contributed by atoms with van der Waals surface area (Å²) in [5.41, 5.74) is 0. The summed E-state index contributed by atoms with van der Waals surface area (Å²) in [5, 5.41) is 8.45. The molecule has 0 radical (unpaired) electrons. The summed E-state index contributed by atoms with van der Waals surface area (Å²) >= 11 is 2.24. The van der Waals surface area contributed by atoms with Crippen LogP contribution in [0.2, 0.25) is 0 Å². The first-order valence-corrected chi connectivity index (χ1v) is 5.48. The number of ether oxygens (including phenoxy) is 2. The Labute approximate surface area is 97.2 Å². The molecule has 0 aromatic heterocycles. The molecule has 0 aliphatic rings. The average Bonchev–Trinajstić information content (AvgIpc) is 2.18. The van der Waals surface area contributed by atoms with Crippen LogP contribution in [-0.4, -0.2) is 31.5 Å². The van der Waals surface area contributed by atoms with E-state index in [0.29, 0.717) is 19.8 Å². The van der Waals surface area contributed by atoms with E-state index in [2.05, 4.69) is 22.6 Å². The van der Waals surface area contributed by atoms with Crippen LogP contribution < -0.4 is 4.74 Å². The summed E-state index contributed by atoms with van der Waals surface area (Å²) < 4.78 is 11.6. The number of aliphatic hydroxyl groups is 1. The Kier molecular flexibility index (Phi) is 5.89. The fraction of sp³-hybridized carbons (Fsp3) is 0.400. The van der Waals surface area contributed by atoms with Gasteiger partial charge in [-0.2, -0.15) is 0 Å². The molecule has 0 amide bonds. The highest BCUT2D eigenvalue weighted by molar-refractivity contribution is 14.1. The minimum absolute atomic E-state index is 0.0588. The second kappa shape index (κ2) is 7.03. The topological polar surface area (TPSA) is 38.7 Å². The minimum Gasteiger partial charge on any atom is -0.491 e. The van der Waals surface area contributed by atoms with E-state index in [9.17, 15) is 0 Å². The van der Waals surface area contributed by atoms with Crippen LogP contribution in [0.15, 0.2) is 24.3 Å². The molecule has 4 heteroatoms. The lowest BCUT2D eigenvalue weighted by Crippen LogP contribution is -2.09. The lowest BCUT2D eigenvalue weighted by atomic mass is 10.3. The Hall–Kier alpha value is -0.330. The van der Waals surface area contributed by atoms with E-state index in [4.69, 9.17) is 14.6 Å². The molecule has 0 saturated carbocycles. The van der Waals surface area contributed by atoms with Crippen molar-refractivity contribution in [1.82, 2.24) is 0 Å². The first kappa shape index (κ1) is 11.7. The molecule has 1 aromatic carbocycles. The molecule has 14 heavy (non-hydrogen) atoms. The van der Waals surface area contributed by atoms with E-state index in [1.165, 1.54) is 0 Å². The largest absolute Gasteiger partial charge is 0.491 e. The Morgan fingerprint density at radius 2 is 2.07 bits per heavy atom. The molecule has 0 spiro atoms. The summed E-state index contributed by atoms with van der Waals surface area (Å²) in [6.45, 7) is 1.45. The average molecular weight is 308 g/mol. The second-order valence-electron chi connectivity index (χ2n) is 2.64. The summed E-state index contributed by atoms with van der Waals surface area (Å²) in [4.78, 5) is 0. The summed E-state index contributed by atoms with van der Waals surface area (Å²) in [6, 6.07) is 7.84. The zero-order valence-corrected chi connectivity index (χ0v) is 9.94. The molecular weight excluding hydrogens is 295 g/mol. The highest BCUT2D eigenvalue weighted by atomic mass is 127. The van der Waals surface area contributed by atoms with Crippen molar-refractivity contribution < 1.29 is 14.6 Å². The summed E-state index contributed by atoms with van der Waals surface area (Å²) in [5.74, 6) is 0.851. The molecule has 0 bridgehead atoms. The first-order chi connectivity index (χ1) is 6.83. The Balaban J connectivity index is 2.18. The standard InChI is InChI=1S/C10H13IO3/c11-9-2-1-3-10(8-9)14-7-6-13-5-4-12/h1-3,8,12H,4-7H2. The van der Waals surface area contributed by atoms with Gasteiger partial charge in [0.1, 0.15) is 12.4 Å². The SMILES string of the molecule is OCCOCCOc1cccc(I)c1. The van der Waals surface area contributed by atoms with Crippen LogP contribution in [-0.2, 0) is 4.74 Å². The quantitative estimate of drug-likeness (QED) is 0.642. The predicted octanol–water partition coefficient (Wildman–Crippen LogP) is 1.68. The van der Waals surface area contributed by atoms with Gasteiger partial charge in [0.05, 0.1) is 19.8 Å². The third-order valence-corrected chi connectivity index (χ3v) is 2.20. The van der Waals surface area contributed by atoms with Crippen LogP contribution in [0, 0.1) is 3.57 Å². The van der Waals surface area contributed by atoms with E-state index in [-0.39, 0.29) is 6.61 Å². The number of aliphatic hydroxyl groups excluding tert-OH is 1. The third-order valence-electron chi connectivity index (χ3n) is 1.53. The summed E-state index contributed by atoms with van der Waals surface area (Å²) in [6.07, 6.45) is 0. The maximum atomic E-state index is 8.45. The van der Waals surface area contributed by atoms with Gasteiger partial charge in [-0.3, -0.25) is 0 Å². The van der Waals surface area contributed by atoms with E-state index in [1.54, 1.807) is 0 Å². The minimum atomic E-state index is 0.0588. The van der Waals surface area contributed by atoms with Crippen molar-refractivity contribution in [1.29, 1.82) is 0 Å². The fourth-order valence-corrected chi connectivity index (χ4v) is 1.46. The molecule has 1 rings (SSSR count). The van der Waals surface area contributed by atoms with Crippen molar-refractivity contribution >= 4 is 22.6 Å². The number of benzene rings is 1. The van der Waals surface area contributed by atoms with Gasteiger partial charge in [0.15, 0.2) is 0 Å². The monoisotopic (exact) mass is 308 g/mol. The Morgan fingerprint density at radius 3 is 2.79 bits per heavy atom. The molecule has 0 fully saturated rings. The zero-order valence-electron chi connectivity index (χ0n) is 7.78. The Bertz CT molecular complexity index is 265. The Morgan fingerprint density at radius 1 is 1.21 bits per heavy atom. The zero-order chi connectivity index (χ0) is 10.2. The maximum Gasteiger partial charge on any atom is 0.120 e. The second-order valence-corrected chi connectivity index (χ2v) is 3.89. The predicted molar refractivity (Wildman–Crippen MR) is 62.6 cm³/mol. The van der Waals surface area contributed by atoms with Gasteiger partial charge in [0.25, 0.3) is 0 Å². The van der Waals surface area contributed by atoms with Crippen molar-refractivity contribution in [3.8, 4) is 5.75 Å². The van der Waals surface area contributed by atoms with E-state index in [0.717, 1.165) is 9.32 Å². The van der Waals surface area contributed by atoms with Gasteiger partial charge in [0.2, 0.25) is 0 Å². The fourth-order valence-electron chi connectivity index (χ4n) is 0.942.